The summed E-state index contributed by atoms with van der Waals surface area (Å²) in [4.78, 5) is 26.5. The van der Waals surface area contributed by atoms with E-state index in [4.69, 9.17) is 0 Å². The number of likely N-dealkylation sites (tertiary alicyclic amines) is 1. The van der Waals surface area contributed by atoms with Crippen molar-refractivity contribution in [3.8, 4) is 0 Å². The van der Waals surface area contributed by atoms with Crippen LogP contribution in [0.4, 0.5) is 0 Å². The minimum atomic E-state index is -0.235. The summed E-state index contributed by atoms with van der Waals surface area (Å²) in [5.74, 6) is 0.0909. The average molecular weight is 350 g/mol. The predicted octanol–water partition coefficient (Wildman–Crippen LogP) is 3.00. The van der Waals surface area contributed by atoms with Crippen LogP contribution < -0.4 is 5.32 Å². The van der Waals surface area contributed by atoms with Gasteiger partial charge in [-0.3, -0.25) is 9.59 Å². The Bertz CT molecular complexity index is 730. The van der Waals surface area contributed by atoms with Crippen LogP contribution in [0.25, 0.3) is 0 Å². The summed E-state index contributed by atoms with van der Waals surface area (Å²) in [6, 6.07) is 20.3. The van der Waals surface area contributed by atoms with E-state index in [1.165, 1.54) is 11.1 Å². The van der Waals surface area contributed by atoms with E-state index in [-0.39, 0.29) is 23.7 Å². The molecule has 1 N–H and O–H groups in total. The van der Waals surface area contributed by atoms with Crippen LogP contribution in [0.3, 0.4) is 0 Å². The van der Waals surface area contributed by atoms with Crippen molar-refractivity contribution in [2.75, 3.05) is 19.6 Å². The molecule has 4 heteroatoms. The SMILES string of the molecule is CC(CNC(=O)C1CC(=O)N(CCc2ccccc2)C1)c1ccccc1. The van der Waals surface area contributed by atoms with Crippen molar-refractivity contribution in [3.05, 3.63) is 71.8 Å². The second-order valence-electron chi connectivity index (χ2n) is 7.03. The second-order valence-corrected chi connectivity index (χ2v) is 7.03. The molecule has 0 saturated carbocycles. The molecule has 4 nitrogen and oxygen atoms in total. The van der Waals surface area contributed by atoms with Gasteiger partial charge in [0, 0.05) is 26.1 Å². The van der Waals surface area contributed by atoms with E-state index in [1.807, 2.05) is 41.3 Å². The quantitative estimate of drug-likeness (QED) is 0.834. The Morgan fingerprint density at radius 1 is 1.12 bits per heavy atom. The molecular formula is C22H26N2O2. The first-order valence-corrected chi connectivity index (χ1v) is 9.28. The fourth-order valence-electron chi connectivity index (χ4n) is 3.37. The molecule has 1 aliphatic rings. The van der Waals surface area contributed by atoms with Crippen molar-refractivity contribution >= 4 is 11.8 Å². The first kappa shape index (κ1) is 18.2. The third kappa shape index (κ3) is 4.72. The summed E-state index contributed by atoms with van der Waals surface area (Å²) in [6.07, 6.45) is 1.15. The van der Waals surface area contributed by atoms with Gasteiger partial charge in [0.15, 0.2) is 0 Å². The number of hydrogen-bond acceptors (Lipinski definition) is 2. The third-order valence-electron chi connectivity index (χ3n) is 5.05. The summed E-state index contributed by atoms with van der Waals surface area (Å²) in [7, 11) is 0. The van der Waals surface area contributed by atoms with E-state index < -0.39 is 0 Å². The zero-order chi connectivity index (χ0) is 18.4. The Morgan fingerprint density at radius 3 is 2.46 bits per heavy atom. The highest BCUT2D eigenvalue weighted by Crippen LogP contribution is 2.19. The van der Waals surface area contributed by atoms with E-state index in [0.29, 0.717) is 26.1 Å². The Morgan fingerprint density at radius 2 is 1.77 bits per heavy atom. The summed E-state index contributed by atoms with van der Waals surface area (Å²) in [6.45, 7) is 3.89. The molecule has 0 aromatic heterocycles. The summed E-state index contributed by atoms with van der Waals surface area (Å²) >= 11 is 0. The highest BCUT2D eigenvalue weighted by Gasteiger charge is 2.33. The van der Waals surface area contributed by atoms with Crippen molar-refractivity contribution in [2.45, 2.75) is 25.7 Å². The molecular weight excluding hydrogens is 324 g/mol. The molecule has 1 aliphatic heterocycles. The zero-order valence-corrected chi connectivity index (χ0v) is 15.2. The lowest BCUT2D eigenvalue weighted by Crippen LogP contribution is -2.35. The first-order chi connectivity index (χ1) is 12.6. The molecule has 2 aromatic carbocycles. The van der Waals surface area contributed by atoms with Crippen LogP contribution in [0.2, 0.25) is 0 Å². The van der Waals surface area contributed by atoms with Gasteiger partial charge in [0.25, 0.3) is 0 Å². The second kappa shape index (κ2) is 8.65. The Labute approximate surface area is 155 Å². The lowest BCUT2D eigenvalue weighted by Gasteiger charge is -2.17. The maximum absolute atomic E-state index is 12.5. The minimum Gasteiger partial charge on any atom is -0.355 e. The minimum absolute atomic E-state index is 0.0108. The van der Waals surface area contributed by atoms with Gasteiger partial charge in [0.1, 0.15) is 0 Å². The largest absolute Gasteiger partial charge is 0.355 e. The fourth-order valence-corrected chi connectivity index (χ4v) is 3.37. The fraction of sp³-hybridized carbons (Fsp3) is 0.364. The number of rotatable bonds is 7. The van der Waals surface area contributed by atoms with E-state index >= 15 is 0 Å². The van der Waals surface area contributed by atoms with Crippen LogP contribution >= 0.6 is 0 Å². The topological polar surface area (TPSA) is 49.4 Å². The van der Waals surface area contributed by atoms with Gasteiger partial charge in [0.2, 0.25) is 11.8 Å². The molecule has 2 atom stereocenters. The number of carbonyl (C=O) groups is 2. The van der Waals surface area contributed by atoms with Crippen LogP contribution in [0.5, 0.6) is 0 Å². The zero-order valence-electron chi connectivity index (χ0n) is 15.2. The number of carbonyl (C=O) groups excluding carboxylic acids is 2. The molecule has 1 saturated heterocycles. The highest BCUT2D eigenvalue weighted by molar-refractivity contribution is 5.89. The van der Waals surface area contributed by atoms with Gasteiger partial charge in [-0.1, -0.05) is 67.6 Å². The Kier molecular flexibility index (Phi) is 6.05. The number of amides is 2. The van der Waals surface area contributed by atoms with Crippen molar-refractivity contribution in [1.29, 1.82) is 0 Å². The standard InChI is InChI=1S/C22H26N2O2/c1-17(19-10-6-3-7-11-19)15-23-22(26)20-14-21(25)24(16-20)13-12-18-8-4-2-5-9-18/h2-11,17,20H,12-16H2,1H3,(H,23,26). The van der Waals surface area contributed by atoms with Gasteiger partial charge in [-0.15, -0.1) is 0 Å². The third-order valence-corrected chi connectivity index (χ3v) is 5.05. The Balaban J connectivity index is 1.46. The highest BCUT2D eigenvalue weighted by atomic mass is 16.2. The number of benzene rings is 2. The maximum atomic E-state index is 12.5. The molecule has 3 rings (SSSR count). The molecule has 2 amide bonds. The lowest BCUT2D eigenvalue weighted by atomic mass is 10.0. The van der Waals surface area contributed by atoms with Gasteiger partial charge in [-0.2, -0.15) is 0 Å². The van der Waals surface area contributed by atoms with E-state index in [9.17, 15) is 9.59 Å². The molecule has 0 spiro atoms. The lowest BCUT2D eigenvalue weighted by molar-refractivity contribution is -0.129. The van der Waals surface area contributed by atoms with Gasteiger partial charge < -0.3 is 10.2 Å². The monoisotopic (exact) mass is 350 g/mol. The molecule has 0 radical (unpaired) electrons. The van der Waals surface area contributed by atoms with Crippen molar-refractivity contribution in [2.24, 2.45) is 5.92 Å². The van der Waals surface area contributed by atoms with Crippen LogP contribution in [-0.4, -0.2) is 36.3 Å². The van der Waals surface area contributed by atoms with Crippen LogP contribution in [0, 0.1) is 5.92 Å². The number of nitrogens with zero attached hydrogens (tertiary/aromatic N) is 1. The normalized spacial score (nSPS) is 18.0. The summed E-state index contributed by atoms with van der Waals surface area (Å²) in [5.41, 5.74) is 2.42. The van der Waals surface area contributed by atoms with Crippen LogP contribution in [0.1, 0.15) is 30.4 Å². The van der Waals surface area contributed by atoms with Crippen LogP contribution in [-0.2, 0) is 16.0 Å². The van der Waals surface area contributed by atoms with Crippen LogP contribution in [0.15, 0.2) is 60.7 Å². The van der Waals surface area contributed by atoms with Gasteiger partial charge >= 0.3 is 0 Å². The van der Waals surface area contributed by atoms with E-state index in [2.05, 4.69) is 36.5 Å². The van der Waals surface area contributed by atoms with Crippen molar-refractivity contribution in [1.82, 2.24) is 10.2 Å². The van der Waals surface area contributed by atoms with Gasteiger partial charge in [-0.05, 0) is 23.5 Å². The molecule has 1 heterocycles. The number of hydrogen-bond donors (Lipinski definition) is 1. The van der Waals surface area contributed by atoms with Gasteiger partial charge in [0.05, 0.1) is 5.92 Å². The summed E-state index contributed by atoms with van der Waals surface area (Å²) < 4.78 is 0. The van der Waals surface area contributed by atoms with Gasteiger partial charge in [-0.25, -0.2) is 0 Å². The molecule has 26 heavy (non-hydrogen) atoms. The molecule has 2 aromatic rings. The number of nitrogens with one attached hydrogen (secondary N) is 1. The predicted molar refractivity (Wildman–Crippen MR) is 103 cm³/mol. The molecule has 136 valence electrons. The van der Waals surface area contributed by atoms with Crippen molar-refractivity contribution in [3.63, 3.8) is 0 Å². The summed E-state index contributed by atoms with van der Waals surface area (Å²) in [5, 5.41) is 3.02. The van der Waals surface area contributed by atoms with Crippen molar-refractivity contribution < 1.29 is 9.59 Å². The molecule has 0 bridgehead atoms. The van der Waals surface area contributed by atoms with E-state index in [0.717, 1.165) is 6.42 Å². The smallest absolute Gasteiger partial charge is 0.225 e. The maximum Gasteiger partial charge on any atom is 0.225 e. The molecule has 1 fully saturated rings. The molecule has 2 unspecified atom stereocenters. The Hall–Kier alpha value is -2.62. The average Bonchev–Trinajstić information content (AvgIpc) is 3.06. The van der Waals surface area contributed by atoms with E-state index in [1.54, 1.807) is 0 Å². The first-order valence-electron chi connectivity index (χ1n) is 9.28. The molecule has 0 aliphatic carbocycles.